The Morgan fingerprint density at radius 2 is 1.36 bits per heavy atom. The molecule has 0 atom stereocenters. The van der Waals surface area contributed by atoms with Crippen LogP contribution in [0.15, 0.2) is 66.7 Å². The zero-order valence-corrected chi connectivity index (χ0v) is 13.1. The van der Waals surface area contributed by atoms with Crippen LogP contribution in [-0.4, -0.2) is 14.4 Å². The smallest absolute Gasteiger partial charge is 0.140 e. The molecule has 0 heterocycles. The highest BCUT2D eigenvalue weighted by Gasteiger charge is 2.04. The van der Waals surface area contributed by atoms with Crippen molar-refractivity contribution < 1.29 is 0 Å². The lowest BCUT2D eigenvalue weighted by atomic mass is 9.87. The highest BCUT2D eigenvalue weighted by atomic mass is 14.5. The van der Waals surface area contributed by atoms with E-state index >= 15 is 0 Å². The molecule has 108 valence electrons. The van der Waals surface area contributed by atoms with E-state index in [0.29, 0.717) is 0 Å². The third-order valence-electron chi connectivity index (χ3n) is 3.93. The molecule has 0 radical (unpaired) electrons. The molecule has 1 nitrogen and oxygen atoms in total. The highest BCUT2D eigenvalue weighted by molar-refractivity contribution is 6.41. The summed E-state index contributed by atoms with van der Waals surface area (Å²) < 4.78 is 0. The molecule has 0 bridgehead atoms. The van der Waals surface area contributed by atoms with Gasteiger partial charge in [0.2, 0.25) is 0 Å². The average molecular weight is 285 g/mol. The van der Waals surface area contributed by atoms with Crippen LogP contribution in [0.25, 0.3) is 32.3 Å². The topological polar surface area (TPSA) is 26.0 Å². The van der Waals surface area contributed by atoms with Crippen LogP contribution in [0.5, 0.6) is 0 Å². The minimum atomic E-state index is 0.750. The first kappa shape index (κ1) is 14.6. The summed E-state index contributed by atoms with van der Waals surface area (Å²) in [5.74, 6) is 0. The van der Waals surface area contributed by atoms with Crippen LogP contribution < -0.4 is 11.2 Å². The van der Waals surface area contributed by atoms with Crippen LogP contribution in [0.4, 0.5) is 0 Å². The lowest BCUT2D eigenvalue weighted by Crippen LogP contribution is -2.03. The largest absolute Gasteiger partial charge is 0.331 e. The Morgan fingerprint density at radius 3 is 2.09 bits per heavy atom. The molecule has 2 heteroatoms. The van der Waals surface area contributed by atoms with Crippen molar-refractivity contribution in [3.05, 3.63) is 66.7 Å². The summed E-state index contributed by atoms with van der Waals surface area (Å²) in [6, 6.07) is 24.1. The molecule has 0 saturated heterocycles. The van der Waals surface area contributed by atoms with Gasteiger partial charge in [-0.25, -0.2) is 0 Å². The fraction of sp³-hybridized carbons (Fsp3) is 0.100. The molecule has 0 aliphatic rings. The van der Waals surface area contributed by atoms with Crippen molar-refractivity contribution in [2.24, 2.45) is 5.73 Å². The van der Waals surface area contributed by atoms with E-state index in [-0.39, 0.29) is 0 Å². The summed E-state index contributed by atoms with van der Waals surface area (Å²) >= 11 is 0. The molecule has 4 rings (SSSR count). The first-order chi connectivity index (χ1) is 10.7. The summed E-state index contributed by atoms with van der Waals surface area (Å²) in [4.78, 5) is 0. The molecule has 0 fully saturated rings. The molecule has 2 N–H and O–H groups in total. The van der Waals surface area contributed by atoms with Gasteiger partial charge in [0.25, 0.3) is 0 Å². The van der Waals surface area contributed by atoms with Crippen molar-refractivity contribution in [2.45, 2.75) is 6.92 Å². The third-order valence-corrected chi connectivity index (χ3v) is 3.93. The van der Waals surface area contributed by atoms with Gasteiger partial charge in [-0.15, -0.1) is 0 Å². The quantitative estimate of drug-likeness (QED) is 0.299. The van der Waals surface area contributed by atoms with Gasteiger partial charge in [0.05, 0.1) is 0 Å². The molecule has 22 heavy (non-hydrogen) atoms. The van der Waals surface area contributed by atoms with Gasteiger partial charge in [-0.1, -0.05) is 67.0 Å². The maximum Gasteiger partial charge on any atom is 0.140 e. The second-order valence-electron chi connectivity index (χ2n) is 5.57. The number of hydrogen-bond donors (Lipinski definition) is 1. The number of rotatable bonds is 0. The molecule has 0 unspecified atom stereocenters. The summed E-state index contributed by atoms with van der Waals surface area (Å²) in [6.45, 7) is 2.65. The van der Waals surface area contributed by atoms with Crippen LogP contribution in [0.3, 0.4) is 0 Å². The van der Waals surface area contributed by atoms with Gasteiger partial charge in [0.1, 0.15) is 7.85 Å². The molecule has 4 aromatic rings. The van der Waals surface area contributed by atoms with Gasteiger partial charge >= 0.3 is 0 Å². The lowest BCUT2D eigenvalue weighted by molar-refractivity contribution is 1.14. The SMILES string of the molecule is Bc1cccc2ccc3cc4ccccc4cc3c12.CCN. The van der Waals surface area contributed by atoms with E-state index in [9.17, 15) is 0 Å². The Bertz CT molecular complexity index is 944. The van der Waals surface area contributed by atoms with Crippen molar-refractivity contribution in [3.63, 3.8) is 0 Å². The predicted molar refractivity (Wildman–Crippen MR) is 102 cm³/mol. The standard InChI is InChI=1S/C18H13B.C2H7N/c19-17-7-3-6-12-8-9-15-10-13-4-1-2-5-14(13)11-16(15)18(12)17;1-2-3/h1-11H,19H2;2-3H2,1H3. The van der Waals surface area contributed by atoms with E-state index in [4.69, 9.17) is 5.73 Å². The van der Waals surface area contributed by atoms with Crippen LogP contribution in [0.2, 0.25) is 0 Å². The Hall–Kier alpha value is -2.32. The second kappa shape index (κ2) is 6.21. The molecule has 0 aromatic heterocycles. The second-order valence-corrected chi connectivity index (χ2v) is 5.57. The van der Waals surface area contributed by atoms with Crippen molar-refractivity contribution in [3.8, 4) is 0 Å². The maximum atomic E-state index is 4.85. The molecule has 0 saturated carbocycles. The molecular formula is C20H20BN. The number of benzene rings is 4. The van der Waals surface area contributed by atoms with Gasteiger partial charge in [-0.3, -0.25) is 0 Å². The summed E-state index contributed by atoms with van der Waals surface area (Å²) in [5, 5.41) is 8.00. The van der Waals surface area contributed by atoms with Crippen molar-refractivity contribution >= 4 is 45.6 Å². The maximum absolute atomic E-state index is 4.85. The Kier molecular flexibility index (Phi) is 4.12. The molecular weight excluding hydrogens is 265 g/mol. The molecule has 0 aliphatic heterocycles. The van der Waals surface area contributed by atoms with Gasteiger partial charge in [-0.05, 0) is 51.0 Å². The Labute approximate surface area is 132 Å². The first-order valence-electron chi connectivity index (χ1n) is 7.75. The molecule has 0 spiro atoms. The van der Waals surface area contributed by atoms with Crippen molar-refractivity contribution in [1.82, 2.24) is 0 Å². The summed E-state index contributed by atoms with van der Waals surface area (Å²) in [7, 11) is 2.19. The fourth-order valence-corrected chi connectivity index (χ4v) is 2.99. The molecule has 0 aliphatic carbocycles. The van der Waals surface area contributed by atoms with Gasteiger partial charge < -0.3 is 5.73 Å². The monoisotopic (exact) mass is 285 g/mol. The first-order valence-corrected chi connectivity index (χ1v) is 7.75. The number of nitrogens with two attached hydrogens (primary N) is 1. The lowest BCUT2D eigenvalue weighted by Gasteiger charge is -2.08. The molecule has 0 amide bonds. The number of fused-ring (bicyclic) bond motifs is 4. The van der Waals surface area contributed by atoms with Crippen LogP contribution in [0, 0.1) is 0 Å². The molecule has 4 aromatic carbocycles. The highest BCUT2D eigenvalue weighted by Crippen LogP contribution is 2.28. The number of hydrogen-bond acceptors (Lipinski definition) is 1. The summed E-state index contributed by atoms with van der Waals surface area (Å²) in [5.41, 5.74) is 6.19. The van der Waals surface area contributed by atoms with Crippen LogP contribution in [0.1, 0.15) is 6.92 Å². The van der Waals surface area contributed by atoms with E-state index in [1.807, 2.05) is 6.92 Å². The summed E-state index contributed by atoms with van der Waals surface area (Å²) in [6.07, 6.45) is 0. The Balaban J connectivity index is 0.000000446. The predicted octanol–water partition coefficient (Wildman–Crippen LogP) is 3.37. The van der Waals surface area contributed by atoms with E-state index in [1.54, 1.807) is 0 Å². The van der Waals surface area contributed by atoms with E-state index in [0.717, 1.165) is 6.54 Å². The zero-order valence-electron chi connectivity index (χ0n) is 13.1. The third kappa shape index (κ3) is 2.58. The van der Waals surface area contributed by atoms with Crippen molar-refractivity contribution in [1.29, 1.82) is 0 Å². The normalized spacial score (nSPS) is 10.6. The van der Waals surface area contributed by atoms with Gasteiger partial charge in [-0.2, -0.15) is 0 Å². The zero-order chi connectivity index (χ0) is 15.5. The van der Waals surface area contributed by atoms with Crippen LogP contribution >= 0.6 is 0 Å². The minimum absolute atomic E-state index is 0.750. The van der Waals surface area contributed by atoms with E-state index in [1.165, 1.54) is 37.8 Å². The Morgan fingerprint density at radius 1 is 0.773 bits per heavy atom. The van der Waals surface area contributed by atoms with Crippen LogP contribution in [-0.2, 0) is 0 Å². The minimum Gasteiger partial charge on any atom is -0.331 e. The van der Waals surface area contributed by atoms with Gasteiger partial charge in [0, 0.05) is 0 Å². The fourth-order valence-electron chi connectivity index (χ4n) is 2.99. The van der Waals surface area contributed by atoms with Gasteiger partial charge in [0.15, 0.2) is 0 Å². The average Bonchev–Trinajstić information content (AvgIpc) is 2.53. The van der Waals surface area contributed by atoms with E-state index in [2.05, 4.69) is 74.6 Å². The van der Waals surface area contributed by atoms with E-state index < -0.39 is 0 Å². The van der Waals surface area contributed by atoms with Crippen molar-refractivity contribution in [2.75, 3.05) is 6.54 Å².